The molecule has 0 radical (unpaired) electrons. The van der Waals surface area contributed by atoms with Crippen LogP contribution in [0.25, 0.3) is 22.6 Å². The topological polar surface area (TPSA) is 123 Å². The number of guanidine groups is 1. The van der Waals surface area contributed by atoms with Crippen LogP contribution < -0.4 is 5.73 Å². The summed E-state index contributed by atoms with van der Waals surface area (Å²) in [4.78, 5) is 6.34. The zero-order chi connectivity index (χ0) is 21.2. The molecular weight excluding hydrogens is 428 g/mol. The SMILES string of the molecule is Cl.N=C(N)N1CCCC1c1nc(-c2ccc(Cn3cc(-c4ccccc4)nn3)cc2)no1. The highest BCUT2D eigenvalue weighted by Gasteiger charge is 2.31. The van der Waals surface area contributed by atoms with Crippen LogP contribution >= 0.6 is 12.4 Å². The molecule has 5 rings (SSSR count). The maximum atomic E-state index is 7.71. The number of hydrogen-bond acceptors (Lipinski definition) is 6. The van der Waals surface area contributed by atoms with E-state index in [9.17, 15) is 0 Å². The highest BCUT2D eigenvalue weighted by atomic mass is 35.5. The summed E-state index contributed by atoms with van der Waals surface area (Å²) in [6, 6.07) is 17.8. The fourth-order valence-electron chi connectivity index (χ4n) is 3.86. The van der Waals surface area contributed by atoms with Crippen LogP contribution in [-0.4, -0.2) is 42.5 Å². The zero-order valence-corrected chi connectivity index (χ0v) is 18.1. The van der Waals surface area contributed by atoms with E-state index < -0.39 is 0 Å². The molecule has 0 bridgehead atoms. The van der Waals surface area contributed by atoms with Gasteiger partial charge in [-0.1, -0.05) is 65.0 Å². The van der Waals surface area contributed by atoms with E-state index in [-0.39, 0.29) is 24.4 Å². The van der Waals surface area contributed by atoms with Crippen LogP contribution in [0.2, 0.25) is 0 Å². The molecule has 9 nitrogen and oxygen atoms in total. The molecule has 1 atom stereocenters. The van der Waals surface area contributed by atoms with E-state index in [1.807, 2.05) is 65.5 Å². The first-order valence-electron chi connectivity index (χ1n) is 10.2. The summed E-state index contributed by atoms with van der Waals surface area (Å²) in [6.45, 7) is 1.36. The van der Waals surface area contributed by atoms with Gasteiger partial charge in [0.2, 0.25) is 11.7 Å². The Labute approximate surface area is 191 Å². The second-order valence-electron chi connectivity index (χ2n) is 7.56. The highest BCUT2D eigenvalue weighted by molar-refractivity contribution is 5.85. The maximum absolute atomic E-state index is 7.71. The van der Waals surface area contributed by atoms with Crippen LogP contribution in [0.15, 0.2) is 65.3 Å². The van der Waals surface area contributed by atoms with Gasteiger partial charge in [-0.3, -0.25) is 5.41 Å². The van der Waals surface area contributed by atoms with Gasteiger partial charge in [0.15, 0.2) is 5.96 Å². The largest absolute Gasteiger partial charge is 0.370 e. The molecule has 4 aromatic rings. The van der Waals surface area contributed by atoms with Gasteiger partial charge in [0.25, 0.3) is 0 Å². The molecule has 0 spiro atoms. The van der Waals surface area contributed by atoms with Crippen molar-refractivity contribution < 1.29 is 4.52 Å². The smallest absolute Gasteiger partial charge is 0.249 e. The molecule has 1 fully saturated rings. The van der Waals surface area contributed by atoms with Crippen molar-refractivity contribution in [3.05, 3.63) is 72.2 Å². The van der Waals surface area contributed by atoms with Crippen molar-refractivity contribution in [2.24, 2.45) is 5.73 Å². The Hall–Kier alpha value is -3.72. The molecule has 32 heavy (non-hydrogen) atoms. The van der Waals surface area contributed by atoms with Crippen LogP contribution in [0.1, 0.15) is 30.3 Å². The molecule has 10 heteroatoms. The maximum Gasteiger partial charge on any atom is 0.249 e. The number of halogens is 1. The fourth-order valence-corrected chi connectivity index (χ4v) is 3.86. The first-order chi connectivity index (χ1) is 15.2. The van der Waals surface area contributed by atoms with E-state index in [2.05, 4.69) is 20.5 Å². The Bertz CT molecular complexity index is 1190. The number of likely N-dealkylation sites (tertiary alicyclic amines) is 1. The monoisotopic (exact) mass is 450 g/mol. The van der Waals surface area contributed by atoms with Crippen molar-refractivity contribution in [3.8, 4) is 22.6 Å². The Morgan fingerprint density at radius 2 is 1.88 bits per heavy atom. The van der Waals surface area contributed by atoms with Gasteiger partial charge in [-0.2, -0.15) is 4.98 Å². The molecular formula is C22H23ClN8O. The second-order valence-corrected chi connectivity index (χ2v) is 7.56. The molecule has 0 amide bonds. The van der Waals surface area contributed by atoms with Crippen molar-refractivity contribution in [2.75, 3.05) is 6.54 Å². The van der Waals surface area contributed by atoms with Gasteiger partial charge >= 0.3 is 0 Å². The molecule has 2 aromatic heterocycles. The van der Waals surface area contributed by atoms with Crippen molar-refractivity contribution in [1.82, 2.24) is 30.0 Å². The highest BCUT2D eigenvalue weighted by Crippen LogP contribution is 2.31. The lowest BCUT2D eigenvalue weighted by Gasteiger charge is -2.21. The molecule has 0 aliphatic carbocycles. The lowest BCUT2D eigenvalue weighted by Crippen LogP contribution is -2.35. The number of nitrogens with zero attached hydrogens (tertiary/aromatic N) is 6. The molecule has 0 saturated carbocycles. The summed E-state index contributed by atoms with van der Waals surface area (Å²) in [5, 5.41) is 20.3. The first kappa shape index (κ1) is 21.5. The van der Waals surface area contributed by atoms with Crippen LogP contribution in [0, 0.1) is 5.41 Å². The minimum atomic E-state index is -0.121. The van der Waals surface area contributed by atoms with Crippen LogP contribution in [0.4, 0.5) is 0 Å². The van der Waals surface area contributed by atoms with Crippen LogP contribution in [0.5, 0.6) is 0 Å². The predicted molar refractivity (Wildman–Crippen MR) is 122 cm³/mol. The summed E-state index contributed by atoms with van der Waals surface area (Å²) in [5.41, 5.74) is 9.52. The quantitative estimate of drug-likeness (QED) is 0.352. The zero-order valence-electron chi connectivity index (χ0n) is 17.3. The lowest BCUT2D eigenvalue weighted by atomic mass is 10.1. The van der Waals surface area contributed by atoms with E-state index in [0.717, 1.165) is 41.8 Å². The summed E-state index contributed by atoms with van der Waals surface area (Å²) in [6.07, 6.45) is 3.74. The van der Waals surface area contributed by atoms with Crippen molar-refractivity contribution in [2.45, 2.75) is 25.4 Å². The number of hydrogen-bond donors (Lipinski definition) is 2. The van der Waals surface area contributed by atoms with Gasteiger partial charge in [0, 0.05) is 17.7 Å². The van der Waals surface area contributed by atoms with Crippen LogP contribution in [0.3, 0.4) is 0 Å². The van der Waals surface area contributed by atoms with Crippen LogP contribution in [-0.2, 0) is 6.54 Å². The summed E-state index contributed by atoms with van der Waals surface area (Å²) < 4.78 is 7.30. The minimum absolute atomic E-state index is 0. The number of nitrogens with two attached hydrogens (primary N) is 1. The van der Waals surface area contributed by atoms with Gasteiger partial charge in [-0.15, -0.1) is 17.5 Å². The molecule has 1 unspecified atom stereocenters. The Kier molecular flexibility index (Phi) is 6.18. The van der Waals surface area contributed by atoms with E-state index in [0.29, 0.717) is 18.3 Å². The molecule has 3 N–H and O–H groups in total. The van der Waals surface area contributed by atoms with Gasteiger partial charge in [-0.05, 0) is 18.4 Å². The third-order valence-electron chi connectivity index (χ3n) is 5.45. The van der Waals surface area contributed by atoms with Gasteiger partial charge in [-0.25, -0.2) is 4.68 Å². The second kappa shape index (κ2) is 9.19. The van der Waals surface area contributed by atoms with E-state index in [1.165, 1.54) is 0 Å². The fraction of sp³-hybridized carbons (Fsp3) is 0.227. The molecule has 1 aliphatic rings. The Morgan fingerprint density at radius 3 is 2.62 bits per heavy atom. The van der Waals surface area contributed by atoms with Gasteiger partial charge < -0.3 is 15.2 Å². The summed E-state index contributed by atoms with van der Waals surface area (Å²) >= 11 is 0. The molecule has 3 heterocycles. The van der Waals surface area contributed by atoms with E-state index >= 15 is 0 Å². The van der Waals surface area contributed by atoms with Crippen molar-refractivity contribution in [1.29, 1.82) is 5.41 Å². The van der Waals surface area contributed by atoms with Crippen molar-refractivity contribution in [3.63, 3.8) is 0 Å². The Balaban J connectivity index is 0.00000245. The summed E-state index contributed by atoms with van der Waals surface area (Å²) in [5.74, 6) is 1.07. The average Bonchev–Trinajstić information content (AvgIpc) is 3.55. The number of benzene rings is 2. The number of rotatable bonds is 5. The minimum Gasteiger partial charge on any atom is -0.370 e. The molecule has 164 valence electrons. The van der Waals surface area contributed by atoms with E-state index in [4.69, 9.17) is 15.7 Å². The molecule has 1 aliphatic heterocycles. The molecule has 2 aromatic carbocycles. The van der Waals surface area contributed by atoms with Gasteiger partial charge in [0.05, 0.1) is 12.7 Å². The standard InChI is InChI=1S/C22H22N8O.ClH/c23-22(24)30-12-4-7-19(30)21-25-20(27-31-21)17-10-8-15(9-11-17)13-29-14-18(26-28-29)16-5-2-1-3-6-16;/h1-3,5-6,8-11,14,19H,4,7,12-13H2,(H3,23,24);1H. The van der Waals surface area contributed by atoms with Crippen molar-refractivity contribution >= 4 is 18.4 Å². The first-order valence-corrected chi connectivity index (χ1v) is 10.2. The third kappa shape index (κ3) is 4.33. The summed E-state index contributed by atoms with van der Waals surface area (Å²) in [7, 11) is 0. The molecule has 1 saturated heterocycles. The Morgan fingerprint density at radius 1 is 1.09 bits per heavy atom. The normalized spacial score (nSPS) is 15.5. The van der Waals surface area contributed by atoms with Gasteiger partial charge in [0.1, 0.15) is 11.7 Å². The third-order valence-corrected chi connectivity index (χ3v) is 5.45. The lowest BCUT2D eigenvalue weighted by molar-refractivity contribution is 0.283. The number of aromatic nitrogens is 5. The van der Waals surface area contributed by atoms with E-state index in [1.54, 1.807) is 4.90 Å². The average molecular weight is 451 g/mol. The number of nitrogens with one attached hydrogen (secondary N) is 1. The predicted octanol–water partition coefficient (Wildman–Crippen LogP) is 3.50.